The molecule has 0 radical (unpaired) electrons. The maximum Gasteiger partial charge on any atom is 0.299 e. The van der Waals surface area contributed by atoms with Crippen LogP contribution in [0.3, 0.4) is 0 Å². The van der Waals surface area contributed by atoms with Crippen LogP contribution in [0.4, 0.5) is 11.4 Å². The zero-order valence-electron chi connectivity index (χ0n) is 15.7. The predicted octanol–water partition coefficient (Wildman–Crippen LogP) is 3.80. The highest BCUT2D eigenvalue weighted by Gasteiger charge is 2.35. The number of nitrogens with zero attached hydrogens (tertiary/aromatic N) is 3. The summed E-state index contributed by atoms with van der Waals surface area (Å²) in [5.41, 5.74) is 4.07. The van der Waals surface area contributed by atoms with Gasteiger partial charge in [-0.15, -0.1) is 0 Å². The third-order valence-electron chi connectivity index (χ3n) is 5.06. The van der Waals surface area contributed by atoms with Crippen molar-refractivity contribution in [2.75, 3.05) is 29.4 Å². The summed E-state index contributed by atoms with van der Waals surface area (Å²) in [6, 6.07) is 19.5. The van der Waals surface area contributed by atoms with Gasteiger partial charge in [-0.25, -0.2) is 0 Å². The second-order valence-corrected chi connectivity index (χ2v) is 6.67. The van der Waals surface area contributed by atoms with Crippen molar-refractivity contribution in [1.29, 1.82) is 0 Å². The summed E-state index contributed by atoms with van der Waals surface area (Å²) >= 11 is 0. The number of para-hydroxylation sites is 1. The highest BCUT2D eigenvalue weighted by Crippen LogP contribution is 2.32. The third kappa shape index (κ3) is 3.27. The molecule has 5 nitrogen and oxygen atoms in total. The van der Waals surface area contributed by atoms with Gasteiger partial charge in [-0.05, 0) is 42.8 Å². The first-order chi connectivity index (χ1) is 13.7. The molecule has 5 heteroatoms. The Morgan fingerprint density at radius 2 is 1.79 bits per heavy atom. The standard InChI is InChI=1S/C23H21N3O2/c1-2-25(19-8-4-3-5-9-19)13-14-26-21-11-10-17(18-7-6-12-24-16-18)15-20(21)22(27)23(26)28/h3-12,15-16H,2,13-14H2,1H3. The molecule has 1 amide bonds. The third-order valence-corrected chi connectivity index (χ3v) is 5.06. The molecule has 0 N–H and O–H groups in total. The molecule has 1 aromatic heterocycles. The Morgan fingerprint density at radius 1 is 0.964 bits per heavy atom. The summed E-state index contributed by atoms with van der Waals surface area (Å²) in [4.78, 5) is 33.1. The van der Waals surface area contributed by atoms with Crippen LogP contribution in [-0.4, -0.2) is 36.3 Å². The Balaban J connectivity index is 1.57. The van der Waals surface area contributed by atoms with E-state index in [2.05, 4.69) is 28.9 Å². The van der Waals surface area contributed by atoms with E-state index in [9.17, 15) is 9.59 Å². The van der Waals surface area contributed by atoms with Crippen molar-refractivity contribution in [3.05, 3.63) is 78.6 Å². The number of aromatic nitrogens is 1. The summed E-state index contributed by atoms with van der Waals surface area (Å²) in [6.07, 6.45) is 3.46. The van der Waals surface area contributed by atoms with Gasteiger partial charge in [-0.1, -0.05) is 30.3 Å². The average Bonchev–Trinajstić information content (AvgIpc) is 3.00. The predicted molar refractivity (Wildman–Crippen MR) is 111 cm³/mol. The van der Waals surface area contributed by atoms with Gasteiger partial charge in [0, 0.05) is 43.3 Å². The minimum atomic E-state index is -0.456. The molecule has 3 aromatic rings. The van der Waals surface area contributed by atoms with Crippen LogP contribution >= 0.6 is 0 Å². The Bertz CT molecular complexity index is 1000. The molecule has 0 aliphatic carbocycles. The number of likely N-dealkylation sites (N-methyl/N-ethyl adjacent to an activating group) is 1. The van der Waals surface area contributed by atoms with Crippen LogP contribution in [0, 0.1) is 0 Å². The van der Waals surface area contributed by atoms with E-state index in [1.165, 1.54) is 0 Å². The van der Waals surface area contributed by atoms with E-state index in [0.29, 0.717) is 24.3 Å². The molecule has 0 atom stereocenters. The molecular formula is C23H21N3O2. The summed E-state index contributed by atoms with van der Waals surface area (Å²) in [6.45, 7) is 4.03. The number of anilines is 2. The Kier molecular flexibility index (Phi) is 4.89. The van der Waals surface area contributed by atoms with Gasteiger partial charge in [-0.3, -0.25) is 14.6 Å². The molecule has 28 heavy (non-hydrogen) atoms. The van der Waals surface area contributed by atoms with E-state index in [-0.39, 0.29) is 0 Å². The number of amides is 1. The van der Waals surface area contributed by atoms with Gasteiger partial charge >= 0.3 is 0 Å². The van der Waals surface area contributed by atoms with Crippen molar-refractivity contribution in [1.82, 2.24) is 4.98 Å². The molecule has 2 aromatic carbocycles. The molecule has 0 spiro atoms. The topological polar surface area (TPSA) is 53.5 Å². The van der Waals surface area contributed by atoms with Gasteiger partial charge in [0.2, 0.25) is 0 Å². The van der Waals surface area contributed by atoms with Gasteiger partial charge < -0.3 is 9.80 Å². The number of ketones is 1. The van der Waals surface area contributed by atoms with Gasteiger partial charge in [0.05, 0.1) is 11.3 Å². The number of rotatable bonds is 6. The first-order valence-corrected chi connectivity index (χ1v) is 9.39. The fourth-order valence-corrected chi connectivity index (χ4v) is 3.56. The normalized spacial score (nSPS) is 13.0. The fraction of sp³-hybridized carbons (Fsp3) is 0.174. The largest absolute Gasteiger partial charge is 0.370 e. The SMILES string of the molecule is CCN(CCN1C(=O)C(=O)c2cc(-c3cccnc3)ccc21)c1ccccc1. The fourth-order valence-electron chi connectivity index (χ4n) is 3.56. The Labute approximate surface area is 164 Å². The van der Waals surface area contributed by atoms with Gasteiger partial charge in [-0.2, -0.15) is 0 Å². The highest BCUT2D eigenvalue weighted by atomic mass is 16.2. The minimum absolute atomic E-state index is 0.441. The monoisotopic (exact) mass is 371 g/mol. The molecule has 0 saturated heterocycles. The minimum Gasteiger partial charge on any atom is -0.370 e. The molecular weight excluding hydrogens is 350 g/mol. The van der Waals surface area contributed by atoms with Crippen molar-refractivity contribution >= 4 is 23.1 Å². The molecule has 1 aliphatic rings. The lowest BCUT2D eigenvalue weighted by Crippen LogP contribution is -2.38. The smallest absolute Gasteiger partial charge is 0.299 e. The number of benzene rings is 2. The first-order valence-electron chi connectivity index (χ1n) is 9.39. The quantitative estimate of drug-likeness (QED) is 0.619. The molecule has 0 bridgehead atoms. The van der Waals surface area contributed by atoms with Crippen molar-refractivity contribution in [3.63, 3.8) is 0 Å². The molecule has 1 aliphatic heterocycles. The van der Waals surface area contributed by atoms with E-state index in [4.69, 9.17) is 0 Å². The van der Waals surface area contributed by atoms with Crippen molar-refractivity contribution in [2.45, 2.75) is 6.92 Å². The lowest BCUT2D eigenvalue weighted by molar-refractivity contribution is -0.114. The maximum atomic E-state index is 12.6. The molecule has 0 fully saturated rings. The van der Waals surface area contributed by atoms with Crippen LogP contribution in [0.5, 0.6) is 0 Å². The highest BCUT2D eigenvalue weighted by molar-refractivity contribution is 6.52. The van der Waals surface area contributed by atoms with E-state index in [1.54, 1.807) is 23.4 Å². The second-order valence-electron chi connectivity index (χ2n) is 6.67. The number of pyridine rings is 1. The van der Waals surface area contributed by atoms with Crippen LogP contribution in [0.1, 0.15) is 17.3 Å². The van der Waals surface area contributed by atoms with Crippen LogP contribution in [-0.2, 0) is 4.79 Å². The van der Waals surface area contributed by atoms with E-state index in [1.807, 2.05) is 42.5 Å². The molecule has 140 valence electrons. The van der Waals surface area contributed by atoms with E-state index >= 15 is 0 Å². The number of hydrogen-bond acceptors (Lipinski definition) is 4. The zero-order valence-corrected chi connectivity index (χ0v) is 15.7. The van der Waals surface area contributed by atoms with Crippen molar-refractivity contribution in [3.8, 4) is 11.1 Å². The molecule has 4 rings (SSSR count). The van der Waals surface area contributed by atoms with Gasteiger partial charge in [0.1, 0.15) is 0 Å². The summed E-state index contributed by atoms with van der Waals surface area (Å²) in [5, 5.41) is 0. The van der Waals surface area contributed by atoms with E-state index in [0.717, 1.165) is 23.4 Å². The number of Topliss-reactive ketones (excluding diaryl/α,β-unsaturated/α-hetero) is 1. The van der Waals surface area contributed by atoms with Gasteiger partial charge in [0.15, 0.2) is 0 Å². The van der Waals surface area contributed by atoms with Crippen LogP contribution in [0.2, 0.25) is 0 Å². The first kappa shape index (κ1) is 17.9. The maximum absolute atomic E-state index is 12.6. The molecule has 0 saturated carbocycles. The van der Waals surface area contributed by atoms with E-state index < -0.39 is 11.7 Å². The summed E-state index contributed by atoms with van der Waals surface area (Å²) < 4.78 is 0. The zero-order chi connectivity index (χ0) is 19.5. The Morgan fingerprint density at radius 3 is 2.50 bits per heavy atom. The van der Waals surface area contributed by atoms with Crippen molar-refractivity contribution < 1.29 is 9.59 Å². The number of fused-ring (bicyclic) bond motifs is 1. The van der Waals surface area contributed by atoms with Crippen LogP contribution in [0.15, 0.2) is 73.1 Å². The summed E-state index contributed by atoms with van der Waals surface area (Å²) in [7, 11) is 0. The number of carbonyl (C=O) groups excluding carboxylic acids is 2. The van der Waals surface area contributed by atoms with Crippen LogP contribution < -0.4 is 9.80 Å². The molecule has 2 heterocycles. The lowest BCUT2D eigenvalue weighted by atomic mass is 10.0. The Hall–Kier alpha value is -3.47. The number of carbonyl (C=O) groups is 2. The average molecular weight is 371 g/mol. The van der Waals surface area contributed by atoms with Crippen LogP contribution in [0.25, 0.3) is 11.1 Å². The van der Waals surface area contributed by atoms with Crippen molar-refractivity contribution in [2.24, 2.45) is 0 Å². The lowest BCUT2D eigenvalue weighted by Gasteiger charge is -2.26. The summed E-state index contributed by atoms with van der Waals surface area (Å²) in [5.74, 6) is -0.897. The molecule has 0 unspecified atom stereocenters. The second kappa shape index (κ2) is 7.64. The number of hydrogen-bond donors (Lipinski definition) is 0. The van der Waals surface area contributed by atoms with Gasteiger partial charge in [0.25, 0.3) is 11.7 Å².